The SMILES string of the molecule is COC(=O)c1ccc(Cl)cc1NC(=O)OC(C)(C)CS(=O)(=O)c1ccc(OCCc2nc(-c3ccccc3)oc2C)cc1. The van der Waals surface area contributed by atoms with Crippen LogP contribution < -0.4 is 10.1 Å². The highest BCUT2D eigenvalue weighted by atomic mass is 35.5. The van der Waals surface area contributed by atoms with Crippen molar-refractivity contribution < 1.29 is 36.6 Å². The molecule has 12 heteroatoms. The smallest absolute Gasteiger partial charge is 0.412 e. The first-order chi connectivity index (χ1) is 20.4. The van der Waals surface area contributed by atoms with Gasteiger partial charge >= 0.3 is 12.1 Å². The average Bonchev–Trinajstić information content (AvgIpc) is 3.32. The summed E-state index contributed by atoms with van der Waals surface area (Å²) in [4.78, 5) is 29.2. The highest BCUT2D eigenvalue weighted by Gasteiger charge is 2.32. The van der Waals surface area contributed by atoms with Gasteiger partial charge in [-0.1, -0.05) is 29.8 Å². The first-order valence-electron chi connectivity index (χ1n) is 13.2. The second-order valence-electron chi connectivity index (χ2n) is 10.2. The molecule has 0 fully saturated rings. The molecule has 0 spiro atoms. The molecule has 0 radical (unpaired) electrons. The second kappa shape index (κ2) is 13.3. The Morgan fingerprint density at radius 3 is 2.40 bits per heavy atom. The fourth-order valence-corrected chi connectivity index (χ4v) is 6.10. The van der Waals surface area contributed by atoms with Crippen LogP contribution in [0.1, 0.15) is 35.7 Å². The predicted octanol–water partition coefficient (Wildman–Crippen LogP) is 6.51. The van der Waals surface area contributed by atoms with E-state index in [4.69, 9.17) is 30.2 Å². The van der Waals surface area contributed by atoms with Gasteiger partial charge in [0, 0.05) is 17.0 Å². The van der Waals surface area contributed by atoms with Crippen molar-refractivity contribution in [1.82, 2.24) is 4.98 Å². The number of benzene rings is 3. The maximum Gasteiger partial charge on any atom is 0.412 e. The Balaban J connectivity index is 1.33. The van der Waals surface area contributed by atoms with Crippen LogP contribution in [0.3, 0.4) is 0 Å². The number of hydrogen-bond acceptors (Lipinski definition) is 9. The summed E-state index contributed by atoms with van der Waals surface area (Å²) in [5.74, 6) is 0.552. The van der Waals surface area contributed by atoms with E-state index >= 15 is 0 Å². The van der Waals surface area contributed by atoms with E-state index in [9.17, 15) is 18.0 Å². The number of halogens is 1. The van der Waals surface area contributed by atoms with Gasteiger partial charge in [-0.2, -0.15) is 0 Å². The number of aryl methyl sites for hydroxylation is 1. The van der Waals surface area contributed by atoms with Crippen molar-refractivity contribution in [2.24, 2.45) is 0 Å². The molecular formula is C31H31ClN2O8S. The molecule has 0 unspecified atom stereocenters. The molecule has 0 bridgehead atoms. The van der Waals surface area contributed by atoms with Crippen LogP contribution in [0, 0.1) is 6.92 Å². The predicted molar refractivity (Wildman–Crippen MR) is 161 cm³/mol. The highest BCUT2D eigenvalue weighted by molar-refractivity contribution is 7.91. The molecule has 0 atom stereocenters. The number of aromatic nitrogens is 1. The van der Waals surface area contributed by atoms with Crippen molar-refractivity contribution in [2.75, 3.05) is 24.8 Å². The van der Waals surface area contributed by atoms with Gasteiger partial charge in [-0.3, -0.25) is 5.32 Å². The van der Waals surface area contributed by atoms with Gasteiger partial charge in [-0.05, 0) is 75.4 Å². The molecule has 0 saturated heterocycles. The van der Waals surface area contributed by atoms with Crippen LogP contribution in [0.15, 0.2) is 82.1 Å². The summed E-state index contributed by atoms with van der Waals surface area (Å²) in [6.07, 6.45) is -0.457. The van der Waals surface area contributed by atoms with Gasteiger partial charge in [0.15, 0.2) is 9.84 Å². The number of nitrogens with zero attached hydrogens (tertiary/aromatic N) is 1. The molecule has 43 heavy (non-hydrogen) atoms. The Labute approximate surface area is 254 Å². The van der Waals surface area contributed by atoms with E-state index in [-0.39, 0.29) is 21.2 Å². The molecule has 3 aromatic carbocycles. The lowest BCUT2D eigenvalue weighted by molar-refractivity contribution is 0.0602. The summed E-state index contributed by atoms with van der Waals surface area (Å²) in [6, 6.07) is 19.8. The number of sulfone groups is 1. The van der Waals surface area contributed by atoms with Gasteiger partial charge in [0.25, 0.3) is 0 Å². The molecule has 1 N–H and O–H groups in total. The summed E-state index contributed by atoms with van der Waals surface area (Å²) in [5, 5.41) is 2.70. The topological polar surface area (TPSA) is 134 Å². The van der Waals surface area contributed by atoms with Gasteiger partial charge < -0.3 is 18.6 Å². The van der Waals surface area contributed by atoms with Crippen molar-refractivity contribution >= 4 is 39.2 Å². The van der Waals surface area contributed by atoms with Gasteiger partial charge in [0.05, 0.1) is 41.3 Å². The number of nitrogens with one attached hydrogen (secondary N) is 1. The number of esters is 1. The number of methoxy groups -OCH3 is 1. The Morgan fingerprint density at radius 1 is 1.02 bits per heavy atom. The standard InChI is InChI=1S/C31H31ClN2O8S/c1-20-26(33-28(41-20)21-8-6-5-7-9-21)16-17-40-23-11-13-24(14-12-23)43(37,38)19-31(2,3)42-30(36)34-27-18-22(32)10-15-25(27)29(35)39-4/h5-15,18H,16-17,19H2,1-4H3,(H,34,36). The Bertz CT molecular complexity index is 1700. The lowest BCUT2D eigenvalue weighted by atomic mass is 10.2. The molecule has 0 saturated carbocycles. The van der Waals surface area contributed by atoms with E-state index in [1.165, 1.54) is 51.3 Å². The van der Waals surface area contributed by atoms with Crippen LogP contribution in [0.4, 0.5) is 10.5 Å². The molecule has 0 aliphatic carbocycles. The van der Waals surface area contributed by atoms with Gasteiger partial charge in [0.2, 0.25) is 5.89 Å². The van der Waals surface area contributed by atoms with Crippen molar-refractivity contribution in [2.45, 2.75) is 37.7 Å². The Morgan fingerprint density at radius 2 is 1.72 bits per heavy atom. The van der Waals surface area contributed by atoms with Crippen LogP contribution in [-0.4, -0.2) is 50.5 Å². The van der Waals surface area contributed by atoms with Crippen molar-refractivity contribution in [3.05, 3.63) is 94.8 Å². The summed E-state index contributed by atoms with van der Waals surface area (Å²) in [5.41, 5.74) is 0.369. The summed E-state index contributed by atoms with van der Waals surface area (Å²) < 4.78 is 48.0. The largest absolute Gasteiger partial charge is 0.493 e. The monoisotopic (exact) mass is 626 g/mol. The normalized spacial score (nSPS) is 11.6. The van der Waals surface area contributed by atoms with Gasteiger partial charge in [-0.25, -0.2) is 23.0 Å². The minimum atomic E-state index is -3.86. The lowest BCUT2D eigenvalue weighted by Crippen LogP contribution is -2.37. The number of rotatable bonds is 11. The molecule has 4 aromatic rings. The maximum atomic E-state index is 13.1. The molecular weight excluding hydrogens is 596 g/mol. The minimum absolute atomic E-state index is 0.0413. The molecule has 226 valence electrons. The lowest BCUT2D eigenvalue weighted by Gasteiger charge is -2.25. The van der Waals surface area contributed by atoms with Crippen molar-refractivity contribution in [1.29, 1.82) is 0 Å². The fraction of sp³-hybridized carbons (Fsp3) is 0.258. The first-order valence-corrected chi connectivity index (χ1v) is 15.2. The van der Waals surface area contributed by atoms with E-state index in [1.807, 2.05) is 37.3 Å². The molecule has 1 amide bonds. The number of oxazole rings is 1. The minimum Gasteiger partial charge on any atom is -0.493 e. The third kappa shape index (κ3) is 8.36. The van der Waals surface area contributed by atoms with E-state index in [2.05, 4.69) is 10.3 Å². The van der Waals surface area contributed by atoms with E-state index in [0.717, 1.165) is 11.3 Å². The first kappa shape index (κ1) is 31.6. The quantitative estimate of drug-likeness (QED) is 0.185. The highest BCUT2D eigenvalue weighted by Crippen LogP contribution is 2.26. The van der Waals surface area contributed by atoms with E-state index in [0.29, 0.717) is 30.4 Å². The Kier molecular flexibility index (Phi) is 9.77. The van der Waals surface area contributed by atoms with Crippen LogP contribution in [0.5, 0.6) is 5.75 Å². The third-order valence-corrected chi connectivity index (χ3v) is 8.53. The molecule has 4 rings (SSSR count). The maximum absolute atomic E-state index is 13.1. The molecule has 10 nitrogen and oxygen atoms in total. The molecule has 0 aliphatic rings. The van der Waals surface area contributed by atoms with Crippen LogP contribution in [0.25, 0.3) is 11.5 Å². The van der Waals surface area contributed by atoms with Crippen molar-refractivity contribution in [3.8, 4) is 17.2 Å². The van der Waals surface area contributed by atoms with Crippen LogP contribution in [0.2, 0.25) is 5.02 Å². The van der Waals surface area contributed by atoms with Crippen LogP contribution >= 0.6 is 11.6 Å². The van der Waals surface area contributed by atoms with Gasteiger partial charge in [-0.15, -0.1) is 0 Å². The van der Waals surface area contributed by atoms with E-state index < -0.39 is 33.3 Å². The number of ether oxygens (including phenoxy) is 3. The zero-order valence-corrected chi connectivity index (χ0v) is 25.6. The van der Waals surface area contributed by atoms with Gasteiger partial charge in [0.1, 0.15) is 17.1 Å². The van der Waals surface area contributed by atoms with Crippen LogP contribution in [-0.2, 0) is 25.7 Å². The number of anilines is 1. The summed E-state index contributed by atoms with van der Waals surface area (Å²) >= 11 is 5.99. The number of hydrogen-bond donors (Lipinski definition) is 1. The summed E-state index contributed by atoms with van der Waals surface area (Å²) in [6.45, 7) is 5.10. The Hall–Kier alpha value is -4.35. The third-order valence-electron chi connectivity index (χ3n) is 6.23. The fourth-order valence-electron chi connectivity index (χ4n) is 4.24. The molecule has 1 heterocycles. The molecule has 1 aromatic heterocycles. The number of carbonyl (C=O) groups is 2. The average molecular weight is 627 g/mol. The zero-order chi connectivity index (χ0) is 31.2. The molecule has 0 aliphatic heterocycles. The number of carbonyl (C=O) groups excluding carboxylic acids is 2. The van der Waals surface area contributed by atoms with E-state index in [1.54, 1.807) is 12.1 Å². The number of amides is 1. The van der Waals surface area contributed by atoms with Crippen molar-refractivity contribution in [3.63, 3.8) is 0 Å². The zero-order valence-electron chi connectivity index (χ0n) is 24.0. The summed E-state index contributed by atoms with van der Waals surface area (Å²) in [7, 11) is -2.66. The second-order valence-corrected chi connectivity index (χ2v) is 12.6.